The van der Waals surface area contributed by atoms with Gasteiger partial charge in [-0.2, -0.15) is 16.8 Å². The van der Waals surface area contributed by atoms with E-state index in [9.17, 15) is 16.8 Å². The van der Waals surface area contributed by atoms with Gasteiger partial charge in [-0.05, 0) is 39.8 Å². The molecule has 1 fully saturated rings. The topological polar surface area (TPSA) is 138 Å². The van der Waals surface area contributed by atoms with Gasteiger partial charge in [0.2, 0.25) is 0 Å². The second-order valence-electron chi connectivity index (χ2n) is 5.00. The Morgan fingerprint density at radius 2 is 1.15 bits per heavy atom. The highest BCUT2D eigenvalue weighted by atomic mass is 32.2. The predicted molar refractivity (Wildman–Crippen MR) is 78.9 cm³/mol. The van der Waals surface area contributed by atoms with Gasteiger partial charge in [-0.25, -0.2) is 0 Å². The average Bonchev–Trinajstić information content (AvgIpc) is 2.12. The lowest BCUT2D eigenvalue weighted by Crippen LogP contribution is -2.36. The summed E-state index contributed by atoms with van der Waals surface area (Å²) in [7, 11) is -3.02. The first kappa shape index (κ1) is 22.0. The molecule has 0 unspecified atom stereocenters. The van der Waals surface area contributed by atoms with Crippen molar-refractivity contribution in [3.05, 3.63) is 0 Å². The number of nitrogens with zero attached hydrogens (tertiary/aromatic N) is 1. The van der Waals surface area contributed by atoms with Crippen LogP contribution in [0.5, 0.6) is 0 Å². The van der Waals surface area contributed by atoms with Crippen molar-refractivity contribution in [2.75, 3.05) is 26.6 Å². The normalized spacial score (nSPS) is 23.2. The van der Waals surface area contributed by atoms with Crippen LogP contribution in [0.4, 0.5) is 0 Å². The average molecular weight is 334 g/mol. The molecule has 0 aromatic carbocycles. The molecule has 124 valence electrons. The number of rotatable bonds is 1. The molecule has 1 saturated carbocycles. The van der Waals surface area contributed by atoms with Gasteiger partial charge in [-0.15, -0.1) is 0 Å². The van der Waals surface area contributed by atoms with Crippen LogP contribution < -0.4 is 5.73 Å². The van der Waals surface area contributed by atoms with Gasteiger partial charge in [0.25, 0.3) is 20.2 Å². The Labute approximate surface area is 121 Å². The van der Waals surface area contributed by atoms with Crippen LogP contribution in [0, 0.1) is 0 Å². The minimum Gasteiger partial charge on any atom is -0.328 e. The van der Waals surface area contributed by atoms with Crippen molar-refractivity contribution < 1.29 is 25.9 Å². The fraction of sp³-hybridized carbons (Fsp3) is 1.00. The van der Waals surface area contributed by atoms with Crippen molar-refractivity contribution in [2.45, 2.75) is 37.8 Å². The maximum Gasteiger partial charge on any atom is 0.261 e. The van der Waals surface area contributed by atoms with Crippen LogP contribution in [0.1, 0.15) is 25.7 Å². The van der Waals surface area contributed by atoms with Crippen molar-refractivity contribution in [3.63, 3.8) is 0 Å². The lowest BCUT2D eigenvalue weighted by molar-refractivity contribution is 0.217. The zero-order valence-electron chi connectivity index (χ0n) is 12.4. The molecule has 0 heterocycles. The van der Waals surface area contributed by atoms with Crippen molar-refractivity contribution in [2.24, 2.45) is 5.73 Å². The molecule has 10 heteroatoms. The molecule has 0 saturated heterocycles. The van der Waals surface area contributed by atoms with Gasteiger partial charge in [-0.1, -0.05) is 0 Å². The van der Waals surface area contributed by atoms with Crippen LogP contribution in [0.25, 0.3) is 0 Å². The van der Waals surface area contributed by atoms with Crippen molar-refractivity contribution in [3.8, 4) is 0 Å². The highest BCUT2D eigenvalue weighted by Gasteiger charge is 2.19. The minimum absolute atomic E-state index is 0.483. The molecule has 0 atom stereocenters. The van der Waals surface area contributed by atoms with Crippen molar-refractivity contribution in [1.82, 2.24) is 4.90 Å². The molecular weight excluding hydrogens is 308 g/mol. The zero-order chi connectivity index (χ0) is 16.6. The molecule has 1 aliphatic rings. The second-order valence-corrected chi connectivity index (χ2v) is 7.93. The van der Waals surface area contributed by atoms with E-state index in [1.807, 2.05) is 0 Å². The van der Waals surface area contributed by atoms with E-state index >= 15 is 0 Å². The van der Waals surface area contributed by atoms with Gasteiger partial charge in [-0.3, -0.25) is 9.11 Å². The molecule has 0 aliphatic heterocycles. The smallest absolute Gasteiger partial charge is 0.261 e. The molecule has 4 N–H and O–H groups in total. The maximum absolute atomic E-state index is 9.19. The first-order valence-electron chi connectivity index (χ1n) is 5.97. The van der Waals surface area contributed by atoms with E-state index in [4.69, 9.17) is 14.8 Å². The third-order valence-corrected chi connectivity index (χ3v) is 2.47. The molecule has 1 aliphatic carbocycles. The van der Waals surface area contributed by atoms with E-state index in [0.717, 1.165) is 6.04 Å². The number of hydrogen-bond donors (Lipinski definition) is 3. The summed E-state index contributed by atoms with van der Waals surface area (Å²) in [4.78, 5) is 2.31. The molecule has 0 spiro atoms. The Hall–Kier alpha value is -0.260. The van der Waals surface area contributed by atoms with Gasteiger partial charge in [0.05, 0.1) is 12.5 Å². The number of hydrogen-bond acceptors (Lipinski definition) is 6. The van der Waals surface area contributed by atoms with Crippen LogP contribution in [0.15, 0.2) is 0 Å². The first-order chi connectivity index (χ1) is 8.70. The molecule has 8 nitrogen and oxygen atoms in total. The van der Waals surface area contributed by atoms with E-state index < -0.39 is 20.2 Å². The third-order valence-electron chi connectivity index (χ3n) is 2.47. The summed E-state index contributed by atoms with van der Waals surface area (Å²) in [6.07, 6.45) is 6.42. The Bertz CT molecular complexity index is 392. The molecular formula is C10H26N2O6S2. The van der Waals surface area contributed by atoms with Crippen LogP contribution in [-0.2, 0) is 20.2 Å². The molecule has 0 radical (unpaired) electrons. The second kappa shape index (κ2) is 9.64. The van der Waals surface area contributed by atoms with Crippen LogP contribution in [0.2, 0.25) is 0 Å². The molecule has 20 heavy (non-hydrogen) atoms. The minimum atomic E-state index is -3.67. The van der Waals surface area contributed by atoms with E-state index in [-0.39, 0.29) is 0 Å². The molecule has 0 amide bonds. The van der Waals surface area contributed by atoms with Crippen molar-refractivity contribution >= 4 is 20.2 Å². The molecule has 1 rings (SSSR count). The highest BCUT2D eigenvalue weighted by Crippen LogP contribution is 2.19. The highest BCUT2D eigenvalue weighted by molar-refractivity contribution is 7.85. The summed E-state index contributed by atoms with van der Waals surface area (Å²) in [5, 5.41) is 0. The molecule has 0 aromatic heterocycles. The van der Waals surface area contributed by atoms with Crippen LogP contribution >= 0.6 is 0 Å². The van der Waals surface area contributed by atoms with E-state index in [1.165, 1.54) is 25.7 Å². The number of nitrogens with two attached hydrogens (primary N) is 1. The van der Waals surface area contributed by atoms with Crippen LogP contribution in [0.3, 0.4) is 0 Å². The summed E-state index contributed by atoms with van der Waals surface area (Å²) in [6.45, 7) is 0. The van der Waals surface area contributed by atoms with Gasteiger partial charge in [0, 0.05) is 12.1 Å². The Morgan fingerprint density at radius 3 is 1.35 bits per heavy atom. The summed E-state index contributed by atoms with van der Waals surface area (Å²) in [5.74, 6) is 0. The van der Waals surface area contributed by atoms with Gasteiger partial charge >= 0.3 is 0 Å². The molecule has 0 aromatic rings. The van der Waals surface area contributed by atoms with Gasteiger partial charge in [0.1, 0.15) is 0 Å². The molecule has 0 bridgehead atoms. The quantitative estimate of drug-likeness (QED) is 0.562. The fourth-order valence-corrected chi connectivity index (χ4v) is 1.62. The van der Waals surface area contributed by atoms with Crippen molar-refractivity contribution in [1.29, 1.82) is 0 Å². The SMILES string of the molecule is CN(C)C1CCC(N)CC1.CS(=O)(=O)O.CS(=O)(=O)O. The van der Waals surface area contributed by atoms with Gasteiger partial charge in [0.15, 0.2) is 0 Å². The Balaban J connectivity index is 0. The lowest BCUT2D eigenvalue weighted by atomic mass is 9.91. The predicted octanol–water partition coefficient (Wildman–Crippen LogP) is -0.174. The van der Waals surface area contributed by atoms with E-state index in [2.05, 4.69) is 19.0 Å². The van der Waals surface area contributed by atoms with Crippen LogP contribution in [-0.4, -0.2) is 69.5 Å². The van der Waals surface area contributed by atoms with E-state index in [1.54, 1.807) is 0 Å². The largest absolute Gasteiger partial charge is 0.328 e. The summed E-state index contributed by atoms with van der Waals surface area (Å²) in [5.41, 5.74) is 5.78. The van der Waals surface area contributed by atoms with E-state index in [0.29, 0.717) is 18.6 Å². The lowest BCUT2D eigenvalue weighted by Gasteiger charge is -2.30. The fourth-order valence-electron chi connectivity index (χ4n) is 1.62. The Kier molecular flexibility index (Phi) is 10.6. The summed E-state index contributed by atoms with van der Waals surface area (Å²) in [6, 6.07) is 1.27. The summed E-state index contributed by atoms with van der Waals surface area (Å²) >= 11 is 0. The zero-order valence-corrected chi connectivity index (χ0v) is 14.0. The monoisotopic (exact) mass is 334 g/mol. The standard InChI is InChI=1S/C8H18N2.2CH4O3S/c1-10(2)8-5-3-7(9)4-6-8;2*1-5(2,3)4/h7-8H,3-6,9H2,1-2H3;2*1H3,(H,2,3,4). The summed E-state index contributed by atoms with van der Waals surface area (Å²) < 4.78 is 51.7. The Morgan fingerprint density at radius 1 is 0.900 bits per heavy atom. The van der Waals surface area contributed by atoms with Gasteiger partial charge < -0.3 is 10.6 Å². The first-order valence-corrected chi connectivity index (χ1v) is 9.66. The third kappa shape index (κ3) is 26.3. The maximum atomic E-state index is 9.19.